The molecule has 0 bridgehead atoms. The van der Waals surface area contributed by atoms with Gasteiger partial charge in [-0.1, -0.05) is 42.5 Å². The summed E-state index contributed by atoms with van der Waals surface area (Å²) >= 11 is 0. The summed E-state index contributed by atoms with van der Waals surface area (Å²) in [6.45, 7) is 1.96. The quantitative estimate of drug-likeness (QED) is 0.694. The van der Waals surface area contributed by atoms with Gasteiger partial charge in [-0.15, -0.1) is 0 Å². The molecular weight excluding hydrogens is 184 g/mol. The van der Waals surface area contributed by atoms with Crippen LogP contribution >= 0.6 is 0 Å². The Balaban J connectivity index is 2.51. The standard InChI is InChI=1S/C13H12N2/c1-10-7-8-12(9-13(10)15-14)11-5-3-2-4-6-11/h2-9,14H,1H3. The van der Waals surface area contributed by atoms with Crippen molar-refractivity contribution in [1.82, 2.24) is 0 Å². The van der Waals surface area contributed by atoms with Crippen LogP contribution in [-0.4, -0.2) is 0 Å². The van der Waals surface area contributed by atoms with Crippen molar-refractivity contribution in [2.45, 2.75) is 6.92 Å². The number of nitrogens with zero attached hydrogens (tertiary/aromatic N) is 1. The van der Waals surface area contributed by atoms with Gasteiger partial charge < -0.3 is 0 Å². The van der Waals surface area contributed by atoms with Gasteiger partial charge in [0.05, 0.1) is 5.69 Å². The van der Waals surface area contributed by atoms with Crippen LogP contribution < -0.4 is 0 Å². The molecule has 74 valence electrons. The molecule has 1 N–H and O–H groups in total. The summed E-state index contributed by atoms with van der Waals surface area (Å²) in [6.07, 6.45) is 0. The predicted molar refractivity (Wildman–Crippen MR) is 61.4 cm³/mol. The van der Waals surface area contributed by atoms with E-state index in [-0.39, 0.29) is 0 Å². The lowest BCUT2D eigenvalue weighted by molar-refractivity contribution is 1.13. The van der Waals surface area contributed by atoms with Crippen LogP contribution in [0.2, 0.25) is 0 Å². The van der Waals surface area contributed by atoms with Crippen LogP contribution in [-0.2, 0) is 0 Å². The van der Waals surface area contributed by atoms with Gasteiger partial charge in [0.1, 0.15) is 0 Å². The molecule has 15 heavy (non-hydrogen) atoms. The van der Waals surface area contributed by atoms with Gasteiger partial charge in [-0.25, -0.2) is 5.53 Å². The summed E-state index contributed by atoms with van der Waals surface area (Å²) in [4.78, 5) is 0. The second-order valence-electron chi connectivity index (χ2n) is 3.48. The van der Waals surface area contributed by atoms with Gasteiger partial charge in [-0.3, -0.25) is 0 Å². The largest absolute Gasteiger partial charge is 0.204 e. The molecule has 0 atom stereocenters. The number of rotatable bonds is 2. The molecule has 0 radical (unpaired) electrons. The van der Waals surface area contributed by atoms with Gasteiger partial charge in [0.25, 0.3) is 0 Å². The molecule has 0 saturated carbocycles. The lowest BCUT2D eigenvalue weighted by Gasteiger charge is -2.04. The summed E-state index contributed by atoms with van der Waals surface area (Å²) in [5.74, 6) is 0. The molecule has 2 rings (SSSR count). The molecule has 0 amide bonds. The fourth-order valence-electron chi connectivity index (χ4n) is 1.54. The SMILES string of the molecule is Cc1ccc(-c2ccccc2)cc1N=N. The third-order valence-corrected chi connectivity index (χ3v) is 2.44. The third-order valence-electron chi connectivity index (χ3n) is 2.44. The van der Waals surface area contributed by atoms with Gasteiger partial charge >= 0.3 is 0 Å². The normalized spacial score (nSPS) is 9.93. The first-order chi connectivity index (χ1) is 7.31. The van der Waals surface area contributed by atoms with Gasteiger partial charge in [-0.05, 0) is 29.7 Å². The minimum atomic E-state index is 0.733. The van der Waals surface area contributed by atoms with Gasteiger partial charge in [0, 0.05) is 0 Å². The zero-order valence-corrected chi connectivity index (χ0v) is 8.57. The van der Waals surface area contributed by atoms with Crippen molar-refractivity contribution < 1.29 is 0 Å². The number of hydrogen-bond acceptors (Lipinski definition) is 2. The van der Waals surface area contributed by atoms with E-state index in [4.69, 9.17) is 5.53 Å². The molecule has 0 fully saturated rings. The summed E-state index contributed by atoms with van der Waals surface area (Å²) < 4.78 is 0. The van der Waals surface area contributed by atoms with Crippen LogP contribution in [0.3, 0.4) is 0 Å². The number of benzene rings is 2. The lowest BCUT2D eigenvalue weighted by Crippen LogP contribution is -1.79. The average molecular weight is 196 g/mol. The van der Waals surface area contributed by atoms with E-state index in [2.05, 4.69) is 23.3 Å². The second-order valence-corrected chi connectivity index (χ2v) is 3.48. The van der Waals surface area contributed by atoms with E-state index in [9.17, 15) is 0 Å². The Morgan fingerprint density at radius 2 is 1.67 bits per heavy atom. The molecular formula is C13H12N2. The van der Waals surface area contributed by atoms with Crippen LogP contribution in [0.4, 0.5) is 5.69 Å². The molecule has 2 heteroatoms. The molecule has 2 aromatic carbocycles. The van der Waals surface area contributed by atoms with Crippen molar-refractivity contribution >= 4 is 5.69 Å². The number of hydrogen-bond donors (Lipinski definition) is 1. The van der Waals surface area contributed by atoms with E-state index >= 15 is 0 Å². The Kier molecular flexibility index (Phi) is 2.59. The van der Waals surface area contributed by atoms with Crippen molar-refractivity contribution in [1.29, 1.82) is 5.53 Å². The van der Waals surface area contributed by atoms with Crippen molar-refractivity contribution in [2.24, 2.45) is 5.11 Å². The first-order valence-corrected chi connectivity index (χ1v) is 4.85. The minimum absolute atomic E-state index is 0.733. The van der Waals surface area contributed by atoms with E-state index < -0.39 is 0 Å². The van der Waals surface area contributed by atoms with Crippen LogP contribution in [0.25, 0.3) is 11.1 Å². The first kappa shape index (κ1) is 9.59. The highest BCUT2D eigenvalue weighted by Crippen LogP contribution is 2.26. The molecule has 2 aromatic rings. The van der Waals surface area contributed by atoms with Gasteiger partial charge in [0.15, 0.2) is 0 Å². The summed E-state index contributed by atoms with van der Waals surface area (Å²) in [5, 5.41) is 3.51. The predicted octanol–water partition coefficient (Wildman–Crippen LogP) is 4.32. The Morgan fingerprint density at radius 3 is 2.33 bits per heavy atom. The van der Waals surface area contributed by atoms with E-state index in [0.29, 0.717) is 0 Å². The van der Waals surface area contributed by atoms with Gasteiger partial charge in [0.2, 0.25) is 0 Å². The topological polar surface area (TPSA) is 36.2 Å². The molecule has 0 aliphatic carbocycles. The first-order valence-electron chi connectivity index (χ1n) is 4.85. The fourth-order valence-corrected chi connectivity index (χ4v) is 1.54. The van der Waals surface area contributed by atoms with Crippen molar-refractivity contribution in [3.05, 3.63) is 54.1 Å². The molecule has 2 nitrogen and oxygen atoms in total. The van der Waals surface area contributed by atoms with Crippen molar-refractivity contribution in [2.75, 3.05) is 0 Å². The zero-order valence-electron chi connectivity index (χ0n) is 8.57. The molecule has 0 aliphatic heterocycles. The van der Waals surface area contributed by atoms with Crippen LogP contribution in [0.1, 0.15) is 5.56 Å². The number of nitrogens with one attached hydrogen (secondary N) is 1. The maximum Gasteiger partial charge on any atom is 0.0885 e. The third kappa shape index (κ3) is 1.94. The van der Waals surface area contributed by atoms with E-state index in [1.54, 1.807) is 0 Å². The van der Waals surface area contributed by atoms with Crippen LogP contribution in [0.15, 0.2) is 53.6 Å². The minimum Gasteiger partial charge on any atom is -0.204 e. The van der Waals surface area contributed by atoms with Crippen LogP contribution in [0, 0.1) is 12.5 Å². The highest BCUT2D eigenvalue weighted by molar-refractivity contribution is 5.68. The van der Waals surface area contributed by atoms with Crippen LogP contribution in [0.5, 0.6) is 0 Å². The maximum atomic E-state index is 7.07. The lowest BCUT2D eigenvalue weighted by atomic mass is 10.0. The highest BCUT2D eigenvalue weighted by atomic mass is 15.0. The van der Waals surface area contributed by atoms with Crippen molar-refractivity contribution in [3.63, 3.8) is 0 Å². The monoisotopic (exact) mass is 196 g/mol. The molecule has 0 aromatic heterocycles. The second kappa shape index (κ2) is 4.05. The van der Waals surface area contributed by atoms with E-state index in [1.807, 2.05) is 37.3 Å². The van der Waals surface area contributed by atoms with Crippen molar-refractivity contribution in [3.8, 4) is 11.1 Å². The van der Waals surface area contributed by atoms with E-state index in [1.165, 1.54) is 0 Å². The Hall–Kier alpha value is -1.96. The van der Waals surface area contributed by atoms with E-state index in [0.717, 1.165) is 22.4 Å². The Morgan fingerprint density at radius 1 is 0.933 bits per heavy atom. The van der Waals surface area contributed by atoms with Gasteiger partial charge in [-0.2, -0.15) is 5.11 Å². The summed E-state index contributed by atoms with van der Waals surface area (Å²) in [5.41, 5.74) is 11.1. The molecule has 0 unspecified atom stereocenters. The molecule has 0 heterocycles. The highest BCUT2D eigenvalue weighted by Gasteiger charge is 2.00. The molecule has 0 saturated heterocycles. The maximum absolute atomic E-state index is 7.07. The molecule has 0 spiro atoms. The Bertz CT molecular complexity index is 475. The zero-order chi connectivity index (χ0) is 10.7. The average Bonchev–Trinajstić information content (AvgIpc) is 2.31. The summed E-state index contributed by atoms with van der Waals surface area (Å²) in [7, 11) is 0. The smallest absolute Gasteiger partial charge is 0.0885 e. The Labute approximate surface area is 89.1 Å². The number of aryl methyl sites for hydroxylation is 1. The fraction of sp³-hybridized carbons (Fsp3) is 0.0769. The molecule has 0 aliphatic rings. The summed E-state index contributed by atoms with van der Waals surface area (Å²) in [6, 6.07) is 16.1.